The zero-order chi connectivity index (χ0) is 52.5. The monoisotopic (exact) mass is 1060 g/mol. The summed E-state index contributed by atoms with van der Waals surface area (Å²) in [6.45, 7) is 3.06. The molecule has 21 heteroatoms. The molecule has 5 heterocycles. The molecule has 0 aliphatic heterocycles. The van der Waals surface area contributed by atoms with Gasteiger partial charge in [0.05, 0.1) is 22.5 Å². The molecule has 376 valence electrons. The minimum Gasteiger partial charge on any atom is -0.397 e. The van der Waals surface area contributed by atoms with Gasteiger partial charge in [0.2, 0.25) is 11.7 Å². The molecule has 0 fully saturated rings. The number of fused-ring (bicyclic) bond motifs is 1. The summed E-state index contributed by atoms with van der Waals surface area (Å²) in [5, 5.41) is 14.0. The summed E-state index contributed by atoms with van der Waals surface area (Å²) in [7, 11) is 0. The summed E-state index contributed by atoms with van der Waals surface area (Å²) in [6.07, 6.45) is -2.56. The number of pyridine rings is 2. The van der Waals surface area contributed by atoms with Crippen molar-refractivity contribution in [2.45, 2.75) is 37.2 Å². The fourth-order valence-electron chi connectivity index (χ4n) is 6.75. The first-order chi connectivity index (χ1) is 34.9. The standard InChI is InChI=1S/C25H19F3N6.C21H16BrF3N2O.C4H6N4.C2H6O/c26-25(27,28)19-8-4-7-17(13-19)22-23(34-12-10-20(29)32-24(34)33-22)18-9-11-30-21(14-18)31-15-16-5-2-1-3-6-16;22-19(20(28)16-7-4-8-17(11-16)21(23,24)25)15-9-10-26-18(12-15)27-13-14-5-2-1-3-6-14;5-3-1-2-7-4(6)8-3;1-2-3/h1-14H,15H2,(H,30,31)(H2,29,32,33);1-12,19H,13H2,(H,26,27);1-2H,(H4,5,6,7,8);3H,2H2,1H3. The minimum absolute atomic E-state index is 0.00712. The number of aliphatic hydroxyl groups excluding tert-OH is 1. The number of nitrogens with zero attached hydrogens (tertiary/aromatic N) is 7. The average Bonchev–Trinajstić information content (AvgIpc) is 3.77. The van der Waals surface area contributed by atoms with Gasteiger partial charge in [-0.25, -0.2) is 19.9 Å². The van der Waals surface area contributed by atoms with E-state index in [-0.39, 0.29) is 29.7 Å². The van der Waals surface area contributed by atoms with Crippen LogP contribution in [0, 0.1) is 0 Å². The zero-order valence-corrected chi connectivity index (χ0v) is 40.3. The smallest absolute Gasteiger partial charge is 0.397 e. The number of hydrogen-bond donors (Lipinski definition) is 6. The van der Waals surface area contributed by atoms with Gasteiger partial charge in [-0.1, -0.05) is 101 Å². The number of imidazole rings is 1. The van der Waals surface area contributed by atoms with Crippen LogP contribution in [0.1, 0.15) is 49.9 Å². The maximum Gasteiger partial charge on any atom is 0.416 e. The van der Waals surface area contributed by atoms with Crippen molar-refractivity contribution >= 4 is 56.7 Å². The fraction of sp³-hybridized carbons (Fsp3) is 0.135. The van der Waals surface area contributed by atoms with Crippen LogP contribution in [0.4, 0.5) is 55.6 Å². The van der Waals surface area contributed by atoms with Crippen molar-refractivity contribution in [3.8, 4) is 22.5 Å². The SMILES string of the molecule is CCO.Nc1ccn2c(-c3ccnc(NCc4ccccc4)c3)c(-c3cccc(C(F)(F)F)c3)nc2n1.Nc1ccnc(N)n1.O=C(c1cccc(C(F)(F)F)c1)C(Br)c1ccnc(NCc2ccccc2)c1. The number of nitrogens with two attached hydrogens (primary N) is 3. The number of alkyl halides is 7. The summed E-state index contributed by atoms with van der Waals surface area (Å²) in [5.74, 6) is 1.91. The van der Waals surface area contributed by atoms with Crippen LogP contribution < -0.4 is 27.8 Å². The van der Waals surface area contributed by atoms with E-state index in [4.69, 9.17) is 22.3 Å². The molecule has 1 atom stereocenters. The highest BCUT2D eigenvalue weighted by atomic mass is 79.9. The van der Waals surface area contributed by atoms with Crippen LogP contribution in [0.2, 0.25) is 0 Å². The van der Waals surface area contributed by atoms with Crippen LogP contribution in [0.25, 0.3) is 28.3 Å². The zero-order valence-electron chi connectivity index (χ0n) is 38.7. The number of carbonyl (C=O) groups excluding carboxylic acids is 1. The summed E-state index contributed by atoms with van der Waals surface area (Å²) in [6, 6.07) is 39.3. The third kappa shape index (κ3) is 15.5. The third-order valence-corrected chi connectivity index (χ3v) is 11.1. The van der Waals surface area contributed by atoms with Crippen molar-refractivity contribution in [2.75, 3.05) is 34.4 Å². The Bertz CT molecular complexity index is 3200. The number of benzene rings is 4. The molecule has 9 N–H and O–H groups in total. The number of aliphatic hydroxyl groups is 1. The molecule has 73 heavy (non-hydrogen) atoms. The number of rotatable bonds is 11. The molecule has 5 aromatic heterocycles. The Balaban J connectivity index is 0.000000200. The molecule has 9 aromatic rings. The first-order valence-electron chi connectivity index (χ1n) is 22.0. The van der Waals surface area contributed by atoms with E-state index in [0.717, 1.165) is 41.0 Å². The molecule has 0 amide bonds. The van der Waals surface area contributed by atoms with E-state index >= 15 is 0 Å². The van der Waals surface area contributed by atoms with Gasteiger partial charge < -0.3 is 32.9 Å². The van der Waals surface area contributed by atoms with Crippen molar-refractivity contribution in [3.63, 3.8) is 0 Å². The maximum atomic E-state index is 13.4. The summed E-state index contributed by atoms with van der Waals surface area (Å²) < 4.78 is 80.5. The molecule has 0 radical (unpaired) electrons. The summed E-state index contributed by atoms with van der Waals surface area (Å²) >= 11 is 3.31. The molecule has 1 unspecified atom stereocenters. The van der Waals surface area contributed by atoms with Gasteiger partial charge in [0.25, 0.3) is 0 Å². The number of nitrogens with one attached hydrogen (secondary N) is 2. The second kappa shape index (κ2) is 25.1. The van der Waals surface area contributed by atoms with Crippen LogP contribution in [0.5, 0.6) is 0 Å². The Hall–Kier alpha value is -8.43. The predicted octanol–water partition coefficient (Wildman–Crippen LogP) is 11.3. The van der Waals surface area contributed by atoms with Gasteiger partial charge in [-0.2, -0.15) is 36.3 Å². The van der Waals surface area contributed by atoms with Crippen LogP contribution in [-0.4, -0.2) is 51.8 Å². The molecule has 0 aliphatic rings. The van der Waals surface area contributed by atoms with Crippen LogP contribution in [-0.2, 0) is 25.4 Å². The number of aromatic nitrogens is 7. The van der Waals surface area contributed by atoms with Gasteiger partial charge >= 0.3 is 12.4 Å². The lowest BCUT2D eigenvalue weighted by molar-refractivity contribution is -0.138. The lowest BCUT2D eigenvalue weighted by atomic mass is 10.0. The molecule has 0 bridgehead atoms. The van der Waals surface area contributed by atoms with Crippen molar-refractivity contribution in [3.05, 3.63) is 204 Å². The average molecular weight is 1070 g/mol. The van der Waals surface area contributed by atoms with Crippen molar-refractivity contribution in [2.24, 2.45) is 0 Å². The van der Waals surface area contributed by atoms with Gasteiger partial charge in [0, 0.05) is 61.2 Å². The lowest BCUT2D eigenvalue weighted by Gasteiger charge is -2.13. The normalized spacial score (nSPS) is 11.4. The van der Waals surface area contributed by atoms with Crippen LogP contribution in [0.3, 0.4) is 0 Å². The van der Waals surface area contributed by atoms with Crippen LogP contribution >= 0.6 is 15.9 Å². The number of hydrogen-bond acceptors (Lipinski definition) is 13. The first-order valence-corrected chi connectivity index (χ1v) is 23.0. The van der Waals surface area contributed by atoms with E-state index in [1.54, 1.807) is 66.3 Å². The number of carbonyl (C=O) groups is 1. The molecule has 0 aliphatic carbocycles. The number of nitrogen functional groups attached to an aromatic ring is 3. The van der Waals surface area contributed by atoms with Gasteiger partial charge in [0.15, 0.2) is 5.78 Å². The molecule has 0 saturated heterocycles. The quantitative estimate of drug-likeness (QED) is 0.0404. The van der Waals surface area contributed by atoms with E-state index in [1.165, 1.54) is 24.4 Å². The Morgan fingerprint density at radius 1 is 0.630 bits per heavy atom. The largest absolute Gasteiger partial charge is 0.416 e. The third-order valence-electron chi connectivity index (χ3n) is 10.1. The van der Waals surface area contributed by atoms with E-state index in [0.29, 0.717) is 53.1 Å². The van der Waals surface area contributed by atoms with Crippen molar-refractivity contribution in [1.82, 2.24) is 34.3 Å². The van der Waals surface area contributed by atoms with Crippen molar-refractivity contribution < 1.29 is 36.2 Å². The molecule has 9 rings (SSSR count). The summed E-state index contributed by atoms with van der Waals surface area (Å²) in [5.41, 5.74) is 19.4. The number of halogens is 7. The van der Waals surface area contributed by atoms with Gasteiger partial charge in [0.1, 0.15) is 28.1 Å². The number of Topliss-reactive ketones (excluding diaryl/α,β-unsaturated/α-hetero) is 1. The van der Waals surface area contributed by atoms with E-state index in [2.05, 4.69) is 56.5 Å². The molecule has 4 aromatic carbocycles. The minimum atomic E-state index is -4.50. The predicted molar refractivity (Wildman–Crippen MR) is 274 cm³/mol. The highest BCUT2D eigenvalue weighted by molar-refractivity contribution is 9.09. The topological polar surface area (TPSA) is 221 Å². The Morgan fingerprint density at radius 2 is 1.18 bits per heavy atom. The second-order valence-electron chi connectivity index (χ2n) is 15.5. The maximum absolute atomic E-state index is 13.4. The molecule has 0 spiro atoms. The fourth-order valence-corrected chi connectivity index (χ4v) is 7.30. The van der Waals surface area contributed by atoms with Crippen LogP contribution in [0.15, 0.2) is 170 Å². The van der Waals surface area contributed by atoms with Gasteiger partial charge in [-0.3, -0.25) is 9.20 Å². The highest BCUT2D eigenvalue weighted by Gasteiger charge is 2.32. The van der Waals surface area contributed by atoms with E-state index in [1.807, 2.05) is 66.7 Å². The highest BCUT2D eigenvalue weighted by Crippen LogP contribution is 2.37. The Morgan fingerprint density at radius 3 is 1.75 bits per heavy atom. The Kier molecular flexibility index (Phi) is 18.5. The first kappa shape index (κ1) is 53.9. The van der Waals surface area contributed by atoms with E-state index in [9.17, 15) is 31.1 Å². The van der Waals surface area contributed by atoms with Crippen molar-refractivity contribution in [1.29, 1.82) is 0 Å². The number of anilines is 5. The van der Waals surface area contributed by atoms with E-state index < -0.39 is 34.1 Å². The molecular formula is C52H47BrF6N12O2. The second-order valence-corrected chi connectivity index (χ2v) is 16.4. The molecule has 0 saturated carbocycles. The van der Waals surface area contributed by atoms with Gasteiger partial charge in [-0.15, -0.1) is 0 Å². The Labute approximate surface area is 423 Å². The lowest BCUT2D eigenvalue weighted by Crippen LogP contribution is -2.11. The number of ketones is 1. The van der Waals surface area contributed by atoms with Gasteiger partial charge in [-0.05, 0) is 84.3 Å². The summed E-state index contributed by atoms with van der Waals surface area (Å²) in [4.78, 5) is 36.5. The molecular weight excluding hydrogens is 1020 g/mol. The molecule has 14 nitrogen and oxygen atoms in total.